The number of hydrogen-bond acceptors (Lipinski definition) is 7. The van der Waals surface area contributed by atoms with Crippen LogP contribution in [0.4, 0.5) is 10.8 Å². The molecule has 4 aromatic rings. The van der Waals surface area contributed by atoms with Gasteiger partial charge in [0.25, 0.3) is 5.91 Å². The molecule has 0 unspecified atom stereocenters. The van der Waals surface area contributed by atoms with Crippen LogP contribution in [-0.4, -0.2) is 45.6 Å². The molecule has 0 radical (unpaired) electrons. The second-order valence-electron chi connectivity index (χ2n) is 8.81. The van der Waals surface area contributed by atoms with Crippen LogP contribution in [0, 0.1) is 13.8 Å². The number of ether oxygens (including phenoxy) is 1. The van der Waals surface area contributed by atoms with Gasteiger partial charge in [-0.2, -0.15) is 5.10 Å². The number of amides is 3. The summed E-state index contributed by atoms with van der Waals surface area (Å²) in [5.74, 6) is -0.128. The number of thiazole rings is 1. The minimum atomic E-state index is -0.278. The zero-order valence-corrected chi connectivity index (χ0v) is 21.7. The van der Waals surface area contributed by atoms with Crippen LogP contribution in [0.25, 0.3) is 10.2 Å². The molecule has 1 saturated heterocycles. The van der Waals surface area contributed by atoms with Crippen molar-refractivity contribution < 1.29 is 19.1 Å². The summed E-state index contributed by atoms with van der Waals surface area (Å²) in [6, 6.07) is 14.4. The molecular weight excluding hydrogens is 490 g/mol. The summed E-state index contributed by atoms with van der Waals surface area (Å²) in [6.07, 6.45) is 0.360. The maximum absolute atomic E-state index is 13.9. The quantitative estimate of drug-likeness (QED) is 0.319. The van der Waals surface area contributed by atoms with Gasteiger partial charge in [0.2, 0.25) is 11.8 Å². The van der Waals surface area contributed by atoms with Crippen LogP contribution < -0.4 is 14.5 Å². The largest absolute Gasteiger partial charge is 0.492 e. The molecule has 1 aliphatic heterocycles. The molecular formula is C27H27N5O4S. The monoisotopic (exact) mass is 517 g/mol. The van der Waals surface area contributed by atoms with Gasteiger partial charge in [0.1, 0.15) is 11.3 Å². The van der Waals surface area contributed by atoms with Crippen LogP contribution in [0.15, 0.2) is 48.5 Å². The van der Waals surface area contributed by atoms with Crippen molar-refractivity contribution in [1.29, 1.82) is 0 Å². The van der Waals surface area contributed by atoms with Gasteiger partial charge in [-0.1, -0.05) is 23.5 Å². The zero-order valence-electron chi connectivity index (χ0n) is 20.9. The fourth-order valence-electron chi connectivity index (χ4n) is 4.48. The van der Waals surface area contributed by atoms with Crippen LogP contribution >= 0.6 is 11.3 Å². The normalized spacial score (nSPS) is 13.5. The Bertz CT molecular complexity index is 1490. The number of para-hydroxylation sites is 1. The molecule has 1 fully saturated rings. The third-order valence-electron chi connectivity index (χ3n) is 6.19. The van der Waals surface area contributed by atoms with Crippen molar-refractivity contribution in [3.63, 3.8) is 0 Å². The third-order valence-corrected chi connectivity index (χ3v) is 7.23. The SMILES string of the molecule is CCOc1cccc2sc(N(CCn3nc(C)cc3C)C(=O)c3cccc(N4C(=O)CCC4=O)c3)nc12. The van der Waals surface area contributed by atoms with Gasteiger partial charge in [-0.05, 0) is 57.2 Å². The lowest BCUT2D eigenvalue weighted by Gasteiger charge is -2.21. The number of anilines is 2. The Morgan fingerprint density at radius 1 is 1.08 bits per heavy atom. The molecule has 3 amide bonds. The van der Waals surface area contributed by atoms with Crippen LogP contribution in [0.2, 0.25) is 0 Å². The number of nitrogens with zero attached hydrogens (tertiary/aromatic N) is 5. The van der Waals surface area contributed by atoms with E-state index < -0.39 is 0 Å². The van der Waals surface area contributed by atoms with E-state index in [1.54, 1.807) is 29.2 Å². The Labute approximate surface area is 218 Å². The Morgan fingerprint density at radius 3 is 2.54 bits per heavy atom. The first-order valence-corrected chi connectivity index (χ1v) is 13.0. The molecule has 0 saturated carbocycles. The van der Waals surface area contributed by atoms with Crippen molar-refractivity contribution in [3.05, 3.63) is 65.5 Å². The lowest BCUT2D eigenvalue weighted by Crippen LogP contribution is -2.34. The first-order valence-electron chi connectivity index (χ1n) is 12.2. The number of fused-ring (bicyclic) bond motifs is 1. The molecule has 0 aliphatic carbocycles. The fourth-order valence-corrected chi connectivity index (χ4v) is 5.49. The van der Waals surface area contributed by atoms with Crippen LogP contribution in [-0.2, 0) is 16.1 Å². The molecule has 2 aromatic heterocycles. The third kappa shape index (κ3) is 4.84. The number of benzene rings is 2. The first-order chi connectivity index (χ1) is 17.9. The molecule has 2 aromatic carbocycles. The van der Waals surface area contributed by atoms with Crippen molar-refractivity contribution in [3.8, 4) is 5.75 Å². The Morgan fingerprint density at radius 2 is 1.84 bits per heavy atom. The second kappa shape index (κ2) is 10.1. The number of carbonyl (C=O) groups excluding carboxylic acids is 3. The number of aryl methyl sites for hydroxylation is 2. The predicted molar refractivity (Wildman–Crippen MR) is 142 cm³/mol. The Hall–Kier alpha value is -4.05. The van der Waals surface area contributed by atoms with E-state index in [2.05, 4.69) is 5.10 Å². The van der Waals surface area contributed by atoms with E-state index in [0.717, 1.165) is 21.0 Å². The molecule has 0 N–H and O–H groups in total. The molecule has 1 aliphatic rings. The number of imide groups is 1. The lowest BCUT2D eigenvalue weighted by molar-refractivity contribution is -0.121. The topological polar surface area (TPSA) is 97.6 Å². The summed E-state index contributed by atoms with van der Waals surface area (Å²) >= 11 is 1.41. The first kappa shape index (κ1) is 24.6. The summed E-state index contributed by atoms with van der Waals surface area (Å²) < 4.78 is 8.53. The minimum absolute atomic E-state index is 0.180. The highest BCUT2D eigenvalue weighted by molar-refractivity contribution is 7.22. The number of carbonyl (C=O) groups is 3. The van der Waals surface area contributed by atoms with Crippen molar-refractivity contribution in [2.45, 2.75) is 40.2 Å². The van der Waals surface area contributed by atoms with E-state index in [-0.39, 0.29) is 30.6 Å². The van der Waals surface area contributed by atoms with E-state index in [1.807, 2.05) is 49.7 Å². The van der Waals surface area contributed by atoms with E-state index >= 15 is 0 Å². The van der Waals surface area contributed by atoms with Crippen LogP contribution in [0.5, 0.6) is 5.75 Å². The fraction of sp³-hybridized carbons (Fsp3) is 0.296. The van der Waals surface area contributed by atoms with Gasteiger partial charge in [-0.25, -0.2) is 4.98 Å². The Kier molecular flexibility index (Phi) is 6.75. The van der Waals surface area contributed by atoms with Gasteiger partial charge in [0.15, 0.2) is 5.13 Å². The lowest BCUT2D eigenvalue weighted by atomic mass is 10.1. The highest BCUT2D eigenvalue weighted by Crippen LogP contribution is 2.35. The highest BCUT2D eigenvalue weighted by atomic mass is 32.1. The van der Waals surface area contributed by atoms with Crippen LogP contribution in [0.1, 0.15) is 41.5 Å². The van der Waals surface area contributed by atoms with Gasteiger partial charge in [0.05, 0.1) is 29.2 Å². The molecule has 3 heterocycles. The maximum Gasteiger partial charge on any atom is 0.260 e. The smallest absolute Gasteiger partial charge is 0.260 e. The van der Waals surface area contributed by atoms with Crippen molar-refractivity contribution >= 4 is 50.1 Å². The van der Waals surface area contributed by atoms with Crippen LogP contribution in [0.3, 0.4) is 0 Å². The second-order valence-corrected chi connectivity index (χ2v) is 9.82. The van der Waals surface area contributed by atoms with Crippen molar-refractivity contribution in [2.75, 3.05) is 23.0 Å². The zero-order chi connectivity index (χ0) is 26.1. The van der Waals surface area contributed by atoms with Crippen molar-refractivity contribution in [2.24, 2.45) is 0 Å². The molecule has 0 spiro atoms. The summed E-state index contributed by atoms with van der Waals surface area (Å²) in [6.45, 7) is 7.14. The van der Waals surface area contributed by atoms with E-state index in [0.29, 0.717) is 47.3 Å². The van der Waals surface area contributed by atoms with E-state index in [1.165, 1.54) is 11.3 Å². The minimum Gasteiger partial charge on any atom is -0.492 e. The summed E-state index contributed by atoms with van der Waals surface area (Å²) in [4.78, 5) is 46.1. The standard InChI is InChI=1S/C27H27N5O4S/c1-4-36-21-9-6-10-22-25(21)28-27(37-22)30(13-14-31-18(3)15-17(2)29-31)26(35)19-7-5-8-20(16-19)32-23(33)11-12-24(32)34/h5-10,15-16H,4,11-14H2,1-3H3. The average molecular weight is 518 g/mol. The average Bonchev–Trinajstić information content (AvgIpc) is 3.56. The van der Waals surface area contributed by atoms with Crippen molar-refractivity contribution in [1.82, 2.24) is 14.8 Å². The summed E-state index contributed by atoms with van der Waals surface area (Å²) in [5, 5.41) is 5.07. The number of rotatable bonds is 8. The van der Waals surface area contributed by atoms with Gasteiger partial charge in [0, 0.05) is 30.6 Å². The molecule has 190 valence electrons. The molecule has 9 nitrogen and oxygen atoms in total. The summed E-state index contributed by atoms with van der Waals surface area (Å²) in [7, 11) is 0. The molecule has 37 heavy (non-hydrogen) atoms. The molecule has 0 atom stereocenters. The van der Waals surface area contributed by atoms with E-state index in [9.17, 15) is 14.4 Å². The summed E-state index contributed by atoms with van der Waals surface area (Å²) in [5.41, 5.74) is 3.38. The van der Waals surface area contributed by atoms with Gasteiger partial charge in [-0.15, -0.1) is 0 Å². The number of aromatic nitrogens is 3. The maximum atomic E-state index is 13.9. The molecule has 0 bridgehead atoms. The molecule has 5 rings (SSSR count). The molecule has 10 heteroatoms. The number of hydrogen-bond donors (Lipinski definition) is 0. The predicted octanol–water partition coefficient (Wildman–Crippen LogP) is 4.51. The highest BCUT2D eigenvalue weighted by Gasteiger charge is 2.31. The van der Waals surface area contributed by atoms with E-state index in [4.69, 9.17) is 9.72 Å². The van der Waals surface area contributed by atoms with Gasteiger partial charge in [-0.3, -0.25) is 28.9 Å². The van der Waals surface area contributed by atoms with Gasteiger partial charge >= 0.3 is 0 Å². The Balaban J connectivity index is 1.52. The van der Waals surface area contributed by atoms with Gasteiger partial charge < -0.3 is 4.74 Å².